The minimum atomic E-state index is -0.927. The largest absolute Gasteiger partial charge is 0.478 e. The summed E-state index contributed by atoms with van der Waals surface area (Å²) >= 11 is 6.49. The zero-order chi connectivity index (χ0) is 21.4. The van der Waals surface area contributed by atoms with Crippen LogP contribution in [0, 0.1) is 11.8 Å². The van der Waals surface area contributed by atoms with Crippen LogP contribution in [-0.4, -0.2) is 50.1 Å². The predicted molar refractivity (Wildman–Crippen MR) is 114 cm³/mol. The summed E-state index contributed by atoms with van der Waals surface area (Å²) in [5.41, 5.74) is 1.27. The van der Waals surface area contributed by atoms with Gasteiger partial charge in [-0.1, -0.05) is 24.3 Å². The van der Waals surface area contributed by atoms with Crippen molar-refractivity contribution in [1.82, 2.24) is 0 Å². The molecule has 1 aromatic rings. The molecule has 0 radical (unpaired) electrons. The number of benzene rings is 1. The Labute approximate surface area is 178 Å². The number of carboxylic acid groups (broad SMARTS) is 1. The summed E-state index contributed by atoms with van der Waals surface area (Å²) in [5.74, 6) is -0.895. The normalized spacial score (nSPS) is 26.7. The van der Waals surface area contributed by atoms with E-state index in [-0.39, 0.29) is 23.3 Å². The van der Waals surface area contributed by atoms with E-state index in [1.807, 2.05) is 12.1 Å². The SMILES string of the molecule is C[C@@H](O)CCC[C@H](O)/C=C/[C@@H]1[C@@H](CCCc2cccc(C(=O)O)c2)[C@H](Cl)C[C@H]1O. The van der Waals surface area contributed by atoms with Gasteiger partial charge < -0.3 is 20.4 Å². The Morgan fingerprint density at radius 3 is 2.72 bits per heavy atom. The molecular weight excluding hydrogens is 392 g/mol. The lowest BCUT2D eigenvalue weighted by Crippen LogP contribution is -2.19. The van der Waals surface area contributed by atoms with Gasteiger partial charge in [0.05, 0.1) is 23.9 Å². The highest BCUT2D eigenvalue weighted by Crippen LogP contribution is 2.40. The van der Waals surface area contributed by atoms with Gasteiger partial charge in [0.25, 0.3) is 0 Å². The summed E-state index contributed by atoms with van der Waals surface area (Å²) < 4.78 is 0. The molecule has 162 valence electrons. The fourth-order valence-electron chi connectivity index (χ4n) is 4.11. The summed E-state index contributed by atoms with van der Waals surface area (Å²) in [6.07, 6.45) is 7.14. The predicted octanol–water partition coefficient (Wildman–Crippen LogP) is 3.78. The molecular formula is C23H33ClO5. The highest BCUT2D eigenvalue weighted by Gasteiger charge is 2.39. The number of carboxylic acids is 1. The van der Waals surface area contributed by atoms with E-state index in [1.54, 1.807) is 31.2 Å². The van der Waals surface area contributed by atoms with Crippen molar-refractivity contribution in [2.75, 3.05) is 0 Å². The van der Waals surface area contributed by atoms with Gasteiger partial charge in [-0.2, -0.15) is 0 Å². The number of rotatable bonds is 11. The number of aliphatic hydroxyl groups excluding tert-OH is 3. The summed E-state index contributed by atoms with van der Waals surface area (Å²) in [6.45, 7) is 1.74. The third-order valence-corrected chi connectivity index (χ3v) is 6.23. The minimum absolute atomic E-state index is 0.0886. The number of aromatic carboxylic acids is 1. The van der Waals surface area contributed by atoms with Crippen molar-refractivity contribution in [2.24, 2.45) is 11.8 Å². The van der Waals surface area contributed by atoms with Crippen molar-refractivity contribution in [3.8, 4) is 0 Å². The quantitative estimate of drug-likeness (QED) is 0.320. The van der Waals surface area contributed by atoms with Crippen molar-refractivity contribution < 1.29 is 25.2 Å². The number of aliphatic hydroxyl groups is 3. The average Bonchev–Trinajstić information content (AvgIpc) is 2.93. The van der Waals surface area contributed by atoms with E-state index >= 15 is 0 Å². The Morgan fingerprint density at radius 1 is 1.28 bits per heavy atom. The van der Waals surface area contributed by atoms with Crippen LogP contribution in [0.1, 0.15) is 61.4 Å². The smallest absolute Gasteiger partial charge is 0.335 e. The summed E-state index contributed by atoms with van der Waals surface area (Å²) in [4.78, 5) is 11.1. The van der Waals surface area contributed by atoms with Crippen LogP contribution in [0.15, 0.2) is 36.4 Å². The number of aryl methyl sites for hydroxylation is 1. The summed E-state index contributed by atoms with van der Waals surface area (Å²) in [6, 6.07) is 6.97. The number of hydrogen-bond acceptors (Lipinski definition) is 4. The first-order valence-corrected chi connectivity index (χ1v) is 10.9. The second-order valence-corrected chi connectivity index (χ2v) is 8.75. The molecule has 0 amide bonds. The maximum Gasteiger partial charge on any atom is 0.335 e. The van der Waals surface area contributed by atoms with Crippen LogP contribution in [-0.2, 0) is 6.42 Å². The molecule has 0 aromatic heterocycles. The molecule has 6 heteroatoms. The van der Waals surface area contributed by atoms with Gasteiger partial charge in [-0.25, -0.2) is 4.79 Å². The molecule has 0 heterocycles. The van der Waals surface area contributed by atoms with E-state index in [2.05, 4.69) is 0 Å². The molecule has 0 spiro atoms. The van der Waals surface area contributed by atoms with E-state index in [4.69, 9.17) is 16.7 Å². The molecule has 1 aliphatic carbocycles. The Morgan fingerprint density at radius 2 is 2.03 bits per heavy atom. The van der Waals surface area contributed by atoms with Crippen molar-refractivity contribution in [3.05, 3.63) is 47.5 Å². The molecule has 0 aliphatic heterocycles. The second-order valence-electron chi connectivity index (χ2n) is 8.19. The first-order chi connectivity index (χ1) is 13.8. The van der Waals surface area contributed by atoms with Crippen LogP contribution in [0.5, 0.6) is 0 Å². The first kappa shape index (κ1) is 23.9. The molecule has 0 saturated heterocycles. The molecule has 1 fully saturated rings. The Hall–Kier alpha value is -1.40. The highest BCUT2D eigenvalue weighted by molar-refractivity contribution is 6.21. The van der Waals surface area contributed by atoms with Gasteiger partial charge in [-0.05, 0) is 75.5 Å². The van der Waals surface area contributed by atoms with Gasteiger partial charge in [0.15, 0.2) is 0 Å². The second kappa shape index (κ2) is 11.7. The molecule has 4 N–H and O–H groups in total. The van der Waals surface area contributed by atoms with E-state index in [0.29, 0.717) is 24.8 Å². The van der Waals surface area contributed by atoms with Gasteiger partial charge in [-0.3, -0.25) is 0 Å². The monoisotopic (exact) mass is 424 g/mol. The van der Waals surface area contributed by atoms with Crippen molar-refractivity contribution in [3.63, 3.8) is 0 Å². The molecule has 5 nitrogen and oxygen atoms in total. The molecule has 2 rings (SSSR count). The molecule has 1 aromatic carbocycles. The fraction of sp³-hybridized carbons (Fsp3) is 0.609. The lowest BCUT2D eigenvalue weighted by atomic mass is 9.88. The Bertz CT molecular complexity index is 675. The van der Waals surface area contributed by atoms with Crippen molar-refractivity contribution in [1.29, 1.82) is 0 Å². The van der Waals surface area contributed by atoms with Gasteiger partial charge in [-0.15, -0.1) is 11.6 Å². The topological polar surface area (TPSA) is 98.0 Å². The van der Waals surface area contributed by atoms with Gasteiger partial charge in [0, 0.05) is 11.3 Å². The Balaban J connectivity index is 1.88. The molecule has 0 unspecified atom stereocenters. The standard InChI is InChI=1S/C23H33ClO5/c1-15(25)5-2-9-18(26)11-12-20-19(21(24)14-22(20)27)10-4-7-16-6-3-8-17(13-16)23(28)29/h3,6,8,11-13,15,18-22,25-27H,2,4-5,7,9-10,14H2,1H3,(H,28,29)/b12-11+/t15-,18+,19-,20-,21-,22-/m1/s1. The number of carbonyl (C=O) groups is 1. The summed E-state index contributed by atoms with van der Waals surface area (Å²) in [5, 5.41) is 38.8. The minimum Gasteiger partial charge on any atom is -0.478 e. The van der Waals surface area contributed by atoms with Gasteiger partial charge >= 0.3 is 5.97 Å². The number of alkyl halides is 1. The molecule has 0 bridgehead atoms. The zero-order valence-electron chi connectivity index (χ0n) is 17.0. The number of halogens is 1. The molecule has 6 atom stereocenters. The molecule has 1 saturated carbocycles. The van der Waals surface area contributed by atoms with Crippen LogP contribution >= 0.6 is 11.6 Å². The third kappa shape index (κ3) is 7.74. The van der Waals surface area contributed by atoms with Crippen molar-refractivity contribution >= 4 is 17.6 Å². The third-order valence-electron chi connectivity index (χ3n) is 5.72. The Kier molecular flexibility index (Phi) is 9.63. The fourth-order valence-corrected chi connectivity index (χ4v) is 4.59. The maximum atomic E-state index is 11.1. The zero-order valence-corrected chi connectivity index (χ0v) is 17.7. The number of hydrogen-bond donors (Lipinski definition) is 4. The lowest BCUT2D eigenvalue weighted by molar-refractivity contribution is 0.0696. The molecule has 29 heavy (non-hydrogen) atoms. The van der Waals surface area contributed by atoms with Crippen LogP contribution in [0.2, 0.25) is 0 Å². The van der Waals surface area contributed by atoms with Crippen LogP contribution in [0.25, 0.3) is 0 Å². The highest BCUT2D eigenvalue weighted by atomic mass is 35.5. The van der Waals surface area contributed by atoms with Crippen LogP contribution < -0.4 is 0 Å². The van der Waals surface area contributed by atoms with E-state index in [0.717, 1.165) is 31.2 Å². The molecule has 1 aliphatic rings. The van der Waals surface area contributed by atoms with E-state index in [9.17, 15) is 20.1 Å². The summed E-state index contributed by atoms with van der Waals surface area (Å²) in [7, 11) is 0. The van der Waals surface area contributed by atoms with Crippen LogP contribution in [0.4, 0.5) is 0 Å². The van der Waals surface area contributed by atoms with E-state index in [1.165, 1.54) is 0 Å². The maximum absolute atomic E-state index is 11.1. The first-order valence-electron chi connectivity index (χ1n) is 10.5. The van der Waals surface area contributed by atoms with Crippen molar-refractivity contribution in [2.45, 2.75) is 75.6 Å². The van der Waals surface area contributed by atoms with Gasteiger partial charge in [0.1, 0.15) is 0 Å². The average molecular weight is 425 g/mol. The van der Waals surface area contributed by atoms with E-state index < -0.39 is 18.2 Å². The lowest BCUT2D eigenvalue weighted by Gasteiger charge is -2.21. The van der Waals surface area contributed by atoms with Crippen LogP contribution in [0.3, 0.4) is 0 Å². The van der Waals surface area contributed by atoms with Gasteiger partial charge in [0.2, 0.25) is 0 Å².